The molecule has 0 aliphatic carbocycles. The van der Waals surface area contributed by atoms with Crippen molar-refractivity contribution in [3.63, 3.8) is 0 Å². The van der Waals surface area contributed by atoms with Crippen molar-refractivity contribution in [2.24, 2.45) is 0 Å². The summed E-state index contributed by atoms with van der Waals surface area (Å²) in [6.07, 6.45) is 3.50. The molecular formula is C15H24N2O2. The fourth-order valence-corrected chi connectivity index (χ4v) is 2.22. The summed E-state index contributed by atoms with van der Waals surface area (Å²) in [6, 6.07) is 1.82. The van der Waals surface area contributed by atoms with Crippen molar-refractivity contribution in [3.8, 4) is 0 Å². The maximum atomic E-state index is 12.1. The van der Waals surface area contributed by atoms with Crippen LogP contribution in [0.2, 0.25) is 0 Å². The second-order valence-corrected chi connectivity index (χ2v) is 4.89. The lowest BCUT2D eigenvalue weighted by Gasteiger charge is -2.13. The van der Waals surface area contributed by atoms with Gasteiger partial charge in [0, 0.05) is 11.7 Å². The second kappa shape index (κ2) is 7.12. The summed E-state index contributed by atoms with van der Waals surface area (Å²) >= 11 is 0. The van der Waals surface area contributed by atoms with Gasteiger partial charge in [-0.2, -0.15) is 0 Å². The zero-order valence-electron chi connectivity index (χ0n) is 12.3. The number of pyridine rings is 1. The number of aryl methyl sites for hydroxylation is 2. The van der Waals surface area contributed by atoms with Gasteiger partial charge in [0.15, 0.2) is 0 Å². The van der Waals surface area contributed by atoms with E-state index >= 15 is 0 Å². The molecule has 0 aromatic carbocycles. The van der Waals surface area contributed by atoms with Gasteiger partial charge in [0.1, 0.15) is 5.56 Å². The molecule has 0 unspecified atom stereocenters. The first kappa shape index (κ1) is 15.5. The Morgan fingerprint density at radius 2 is 2.00 bits per heavy atom. The summed E-state index contributed by atoms with van der Waals surface area (Å²) in [4.78, 5) is 26.8. The van der Waals surface area contributed by atoms with E-state index in [4.69, 9.17) is 0 Å². The van der Waals surface area contributed by atoms with Gasteiger partial charge in [-0.05, 0) is 37.8 Å². The molecule has 0 radical (unpaired) electrons. The zero-order chi connectivity index (χ0) is 14.4. The molecule has 1 heterocycles. The molecule has 4 nitrogen and oxygen atoms in total. The van der Waals surface area contributed by atoms with Crippen LogP contribution in [0.25, 0.3) is 0 Å². The Labute approximate surface area is 114 Å². The largest absolute Gasteiger partial charge is 0.349 e. The number of nitrogens with one attached hydrogen (secondary N) is 2. The lowest BCUT2D eigenvalue weighted by molar-refractivity contribution is 0.0936. The third-order valence-electron chi connectivity index (χ3n) is 3.29. The van der Waals surface area contributed by atoms with Crippen LogP contribution in [-0.4, -0.2) is 16.9 Å². The molecule has 1 amide bonds. The van der Waals surface area contributed by atoms with Crippen molar-refractivity contribution in [2.45, 2.75) is 59.4 Å². The number of aromatic nitrogens is 1. The zero-order valence-corrected chi connectivity index (χ0v) is 12.3. The van der Waals surface area contributed by atoms with Gasteiger partial charge in [-0.25, -0.2) is 0 Å². The van der Waals surface area contributed by atoms with Gasteiger partial charge < -0.3 is 10.3 Å². The molecule has 0 bridgehead atoms. The van der Waals surface area contributed by atoms with Gasteiger partial charge in [0.05, 0.1) is 0 Å². The van der Waals surface area contributed by atoms with E-state index in [9.17, 15) is 9.59 Å². The average molecular weight is 264 g/mol. The molecular weight excluding hydrogens is 240 g/mol. The predicted molar refractivity (Wildman–Crippen MR) is 77.7 cm³/mol. The number of amides is 1. The van der Waals surface area contributed by atoms with Crippen molar-refractivity contribution < 1.29 is 4.79 Å². The number of hydrogen-bond acceptors (Lipinski definition) is 2. The fraction of sp³-hybridized carbons (Fsp3) is 0.600. The minimum absolute atomic E-state index is 0.0906. The minimum Gasteiger partial charge on any atom is -0.349 e. The first-order valence-corrected chi connectivity index (χ1v) is 7.09. The third-order valence-corrected chi connectivity index (χ3v) is 3.29. The highest BCUT2D eigenvalue weighted by molar-refractivity contribution is 5.94. The van der Waals surface area contributed by atoms with Crippen LogP contribution in [0.3, 0.4) is 0 Å². The van der Waals surface area contributed by atoms with Crippen LogP contribution in [0.1, 0.15) is 62.2 Å². The standard InChI is InChI=1S/C15H24N2O2/c1-5-8-10(4)16-14(18)12-9-11(6-2)13(7-3)17-15(12)19/h9-10H,5-8H2,1-4H3,(H,16,18)(H,17,19)/t10-/m1/s1. The predicted octanol–water partition coefficient (Wildman–Crippen LogP) is 2.42. The Morgan fingerprint density at radius 3 is 2.53 bits per heavy atom. The minimum atomic E-state index is -0.296. The van der Waals surface area contributed by atoms with Crippen LogP contribution in [0.4, 0.5) is 0 Å². The molecule has 4 heteroatoms. The Morgan fingerprint density at radius 1 is 1.32 bits per heavy atom. The number of carbonyl (C=O) groups is 1. The van der Waals surface area contributed by atoms with Gasteiger partial charge in [-0.3, -0.25) is 9.59 Å². The fourth-order valence-electron chi connectivity index (χ4n) is 2.22. The summed E-state index contributed by atoms with van der Waals surface area (Å²) in [5.74, 6) is -0.278. The molecule has 1 aromatic heterocycles. The molecule has 1 aromatic rings. The van der Waals surface area contributed by atoms with Crippen LogP contribution in [0.15, 0.2) is 10.9 Å². The Kier molecular flexibility index (Phi) is 5.80. The number of H-pyrrole nitrogens is 1. The highest BCUT2D eigenvalue weighted by atomic mass is 16.2. The van der Waals surface area contributed by atoms with Gasteiger partial charge in [-0.15, -0.1) is 0 Å². The second-order valence-electron chi connectivity index (χ2n) is 4.89. The molecule has 0 aliphatic rings. The maximum Gasteiger partial charge on any atom is 0.261 e. The van der Waals surface area contributed by atoms with Crippen LogP contribution in [0, 0.1) is 0 Å². The quantitative estimate of drug-likeness (QED) is 0.829. The summed E-state index contributed by atoms with van der Waals surface area (Å²) in [5.41, 5.74) is 1.88. The van der Waals surface area contributed by atoms with E-state index in [1.54, 1.807) is 6.07 Å². The highest BCUT2D eigenvalue weighted by Crippen LogP contribution is 2.08. The topological polar surface area (TPSA) is 62.0 Å². The number of carbonyl (C=O) groups excluding carboxylic acids is 1. The third kappa shape index (κ3) is 3.94. The van der Waals surface area contributed by atoms with E-state index in [0.717, 1.165) is 36.9 Å². The summed E-state index contributed by atoms with van der Waals surface area (Å²) < 4.78 is 0. The molecule has 0 fully saturated rings. The molecule has 19 heavy (non-hydrogen) atoms. The van der Waals surface area contributed by atoms with Crippen molar-refractivity contribution in [3.05, 3.63) is 33.2 Å². The van der Waals surface area contributed by atoms with E-state index in [-0.39, 0.29) is 23.1 Å². The van der Waals surface area contributed by atoms with Crippen LogP contribution >= 0.6 is 0 Å². The molecule has 1 rings (SSSR count). The number of hydrogen-bond donors (Lipinski definition) is 2. The average Bonchev–Trinajstić information content (AvgIpc) is 2.38. The normalized spacial score (nSPS) is 12.2. The van der Waals surface area contributed by atoms with Crippen LogP contribution in [-0.2, 0) is 12.8 Å². The van der Waals surface area contributed by atoms with Crippen molar-refractivity contribution in [1.29, 1.82) is 0 Å². The SMILES string of the molecule is CCC[C@@H](C)NC(=O)c1cc(CC)c(CC)[nH]c1=O. The Hall–Kier alpha value is -1.58. The number of aromatic amines is 1. The van der Waals surface area contributed by atoms with Crippen LogP contribution < -0.4 is 10.9 Å². The maximum absolute atomic E-state index is 12.1. The van der Waals surface area contributed by atoms with Gasteiger partial charge in [-0.1, -0.05) is 27.2 Å². The van der Waals surface area contributed by atoms with E-state index in [2.05, 4.69) is 17.2 Å². The molecule has 0 saturated heterocycles. The highest BCUT2D eigenvalue weighted by Gasteiger charge is 2.15. The van der Waals surface area contributed by atoms with Crippen molar-refractivity contribution in [1.82, 2.24) is 10.3 Å². The lowest BCUT2D eigenvalue weighted by Crippen LogP contribution is -2.36. The molecule has 2 N–H and O–H groups in total. The lowest BCUT2D eigenvalue weighted by atomic mass is 10.1. The molecule has 0 aliphatic heterocycles. The van der Waals surface area contributed by atoms with Gasteiger partial charge >= 0.3 is 0 Å². The molecule has 0 spiro atoms. The Bertz CT molecular complexity index is 491. The number of rotatable bonds is 6. The van der Waals surface area contributed by atoms with E-state index in [1.807, 2.05) is 20.8 Å². The van der Waals surface area contributed by atoms with Crippen molar-refractivity contribution >= 4 is 5.91 Å². The van der Waals surface area contributed by atoms with Crippen LogP contribution in [0.5, 0.6) is 0 Å². The molecule has 0 saturated carbocycles. The first-order valence-electron chi connectivity index (χ1n) is 7.09. The van der Waals surface area contributed by atoms with E-state index in [0.29, 0.717) is 0 Å². The summed E-state index contributed by atoms with van der Waals surface area (Å²) in [6.45, 7) is 8.04. The first-order chi connectivity index (χ1) is 9.03. The van der Waals surface area contributed by atoms with Gasteiger partial charge in [0.25, 0.3) is 11.5 Å². The van der Waals surface area contributed by atoms with E-state index in [1.165, 1.54) is 0 Å². The molecule has 106 valence electrons. The summed E-state index contributed by atoms with van der Waals surface area (Å²) in [5, 5.41) is 2.87. The smallest absolute Gasteiger partial charge is 0.261 e. The van der Waals surface area contributed by atoms with Crippen molar-refractivity contribution in [2.75, 3.05) is 0 Å². The monoisotopic (exact) mass is 264 g/mol. The summed E-state index contributed by atoms with van der Waals surface area (Å²) in [7, 11) is 0. The van der Waals surface area contributed by atoms with Gasteiger partial charge in [0.2, 0.25) is 0 Å². The molecule has 1 atom stereocenters. The Balaban J connectivity index is 3.00. The van der Waals surface area contributed by atoms with E-state index < -0.39 is 0 Å².